The first-order chi connectivity index (χ1) is 9.27. The van der Waals surface area contributed by atoms with E-state index in [2.05, 4.69) is 10.3 Å². The maximum Gasteiger partial charge on any atom is 0.267 e. The van der Waals surface area contributed by atoms with Gasteiger partial charge >= 0.3 is 0 Å². The lowest BCUT2D eigenvalue weighted by molar-refractivity contribution is 0.103. The van der Waals surface area contributed by atoms with Crippen molar-refractivity contribution in [3.63, 3.8) is 0 Å². The Bertz CT molecular complexity index is 750. The van der Waals surface area contributed by atoms with Gasteiger partial charge in [-0.3, -0.25) is 4.79 Å². The summed E-state index contributed by atoms with van der Waals surface area (Å²) in [6.45, 7) is 1.69. The van der Waals surface area contributed by atoms with E-state index in [-0.39, 0.29) is 10.8 Å². The topological polar surface area (TPSA) is 128 Å². The molecular weight excluding hydrogens is 300 g/mol. The van der Waals surface area contributed by atoms with E-state index in [1.54, 1.807) is 6.92 Å². The second-order valence-corrected chi connectivity index (χ2v) is 6.58. The smallest absolute Gasteiger partial charge is 0.267 e. The van der Waals surface area contributed by atoms with Gasteiger partial charge in [-0.2, -0.15) is 0 Å². The van der Waals surface area contributed by atoms with Crippen molar-refractivity contribution >= 4 is 38.1 Å². The number of nitrogens with one attached hydrogen (secondary N) is 1. The number of aryl methyl sites for hydroxylation is 1. The van der Waals surface area contributed by atoms with Crippen LogP contribution in [-0.4, -0.2) is 19.3 Å². The summed E-state index contributed by atoms with van der Waals surface area (Å²) in [7, 11) is -3.74. The Morgan fingerprint density at radius 1 is 1.30 bits per heavy atom. The van der Waals surface area contributed by atoms with Crippen molar-refractivity contribution in [2.24, 2.45) is 5.14 Å². The van der Waals surface area contributed by atoms with Crippen LogP contribution < -0.4 is 16.2 Å². The zero-order valence-electron chi connectivity index (χ0n) is 10.5. The third kappa shape index (κ3) is 3.13. The van der Waals surface area contributed by atoms with Gasteiger partial charge in [0, 0.05) is 5.69 Å². The molecule has 0 aliphatic carbocycles. The highest BCUT2D eigenvalue weighted by atomic mass is 32.2. The highest BCUT2D eigenvalue weighted by Gasteiger charge is 2.14. The van der Waals surface area contributed by atoms with E-state index in [9.17, 15) is 13.2 Å². The van der Waals surface area contributed by atoms with Crippen molar-refractivity contribution in [1.29, 1.82) is 0 Å². The first kappa shape index (κ1) is 14.4. The van der Waals surface area contributed by atoms with Gasteiger partial charge in [0.2, 0.25) is 10.0 Å². The summed E-state index contributed by atoms with van der Waals surface area (Å²) in [4.78, 5) is 16.3. The molecule has 1 amide bonds. The number of nitrogen functional groups attached to an aromatic ring is 1. The molecule has 0 spiro atoms. The number of nitrogens with zero attached hydrogens (tertiary/aromatic N) is 1. The molecule has 0 bridgehead atoms. The molecule has 20 heavy (non-hydrogen) atoms. The molecule has 0 saturated carbocycles. The van der Waals surface area contributed by atoms with E-state index in [0.717, 1.165) is 11.3 Å². The van der Waals surface area contributed by atoms with Crippen molar-refractivity contribution in [1.82, 2.24) is 4.98 Å². The van der Waals surface area contributed by atoms with Gasteiger partial charge in [0.25, 0.3) is 5.91 Å². The summed E-state index contributed by atoms with van der Waals surface area (Å²) in [6.07, 6.45) is 0. The molecule has 1 aromatic heterocycles. The fourth-order valence-corrected chi connectivity index (χ4v) is 2.79. The highest BCUT2D eigenvalue weighted by molar-refractivity contribution is 7.89. The predicted octanol–water partition coefficient (Wildman–Crippen LogP) is 0.933. The van der Waals surface area contributed by atoms with Crippen LogP contribution in [-0.2, 0) is 10.0 Å². The quantitative estimate of drug-likeness (QED) is 0.776. The monoisotopic (exact) mass is 312 g/mol. The van der Waals surface area contributed by atoms with E-state index in [0.29, 0.717) is 21.4 Å². The third-order valence-electron chi connectivity index (χ3n) is 2.46. The molecular formula is C11H12N4O3S2. The number of nitrogens with two attached hydrogens (primary N) is 2. The van der Waals surface area contributed by atoms with Crippen molar-refractivity contribution in [3.05, 3.63) is 34.8 Å². The van der Waals surface area contributed by atoms with Gasteiger partial charge in [-0.25, -0.2) is 18.5 Å². The number of aromatic nitrogens is 1. The summed E-state index contributed by atoms with van der Waals surface area (Å²) < 4.78 is 22.2. The molecule has 5 N–H and O–H groups in total. The highest BCUT2D eigenvalue weighted by Crippen LogP contribution is 2.21. The Balaban J connectivity index is 2.18. The van der Waals surface area contributed by atoms with Crippen LogP contribution in [0.4, 0.5) is 10.8 Å². The van der Waals surface area contributed by atoms with Crippen LogP contribution in [0.2, 0.25) is 0 Å². The van der Waals surface area contributed by atoms with Crippen molar-refractivity contribution < 1.29 is 13.2 Å². The second-order valence-electron chi connectivity index (χ2n) is 3.99. The lowest BCUT2D eigenvalue weighted by Crippen LogP contribution is -2.13. The Labute approximate surface area is 119 Å². The predicted molar refractivity (Wildman–Crippen MR) is 77.0 cm³/mol. The molecule has 106 valence electrons. The number of carbonyl (C=O) groups is 1. The molecule has 0 fully saturated rings. The van der Waals surface area contributed by atoms with E-state index in [1.165, 1.54) is 24.3 Å². The number of sulfonamides is 1. The van der Waals surface area contributed by atoms with Gasteiger partial charge in [-0.05, 0) is 31.2 Å². The Morgan fingerprint density at radius 3 is 2.35 bits per heavy atom. The number of anilines is 2. The molecule has 1 heterocycles. The molecule has 0 radical (unpaired) electrons. The van der Waals surface area contributed by atoms with Crippen LogP contribution in [0.1, 0.15) is 15.4 Å². The van der Waals surface area contributed by atoms with Crippen molar-refractivity contribution in [2.45, 2.75) is 11.8 Å². The first-order valence-electron chi connectivity index (χ1n) is 5.44. The summed E-state index contributed by atoms with van der Waals surface area (Å²) >= 11 is 1.09. The van der Waals surface area contributed by atoms with Gasteiger partial charge in [0.15, 0.2) is 5.13 Å². The van der Waals surface area contributed by atoms with Crippen molar-refractivity contribution in [2.75, 3.05) is 11.1 Å². The van der Waals surface area contributed by atoms with Gasteiger partial charge in [-0.15, -0.1) is 0 Å². The SMILES string of the molecule is Cc1nc(N)sc1C(=O)Nc1ccc(S(N)(=O)=O)cc1. The lowest BCUT2D eigenvalue weighted by atomic mass is 10.3. The number of amides is 1. The summed E-state index contributed by atoms with van der Waals surface area (Å²) in [6, 6.07) is 5.55. The Kier molecular flexibility index (Phi) is 3.75. The zero-order valence-corrected chi connectivity index (χ0v) is 12.1. The van der Waals surface area contributed by atoms with E-state index < -0.39 is 10.0 Å². The molecule has 0 aliphatic rings. The van der Waals surface area contributed by atoms with Crippen LogP contribution in [0.3, 0.4) is 0 Å². The van der Waals surface area contributed by atoms with Gasteiger partial charge < -0.3 is 11.1 Å². The van der Waals surface area contributed by atoms with Crippen LogP contribution in [0.15, 0.2) is 29.2 Å². The van der Waals surface area contributed by atoms with E-state index >= 15 is 0 Å². The van der Waals surface area contributed by atoms with Crippen LogP contribution in [0.5, 0.6) is 0 Å². The molecule has 7 nitrogen and oxygen atoms in total. The maximum atomic E-state index is 12.0. The van der Waals surface area contributed by atoms with E-state index in [4.69, 9.17) is 10.9 Å². The molecule has 2 aromatic rings. The Morgan fingerprint density at radius 2 is 1.90 bits per heavy atom. The first-order valence-corrected chi connectivity index (χ1v) is 7.81. The molecule has 1 aromatic carbocycles. The zero-order chi connectivity index (χ0) is 14.9. The third-order valence-corrected chi connectivity index (χ3v) is 4.37. The second kappa shape index (κ2) is 5.19. The fourth-order valence-electron chi connectivity index (χ4n) is 1.54. The molecule has 0 atom stereocenters. The number of hydrogen-bond donors (Lipinski definition) is 3. The Hall–Kier alpha value is -1.97. The lowest BCUT2D eigenvalue weighted by Gasteiger charge is -2.05. The minimum absolute atomic E-state index is 0.0197. The minimum Gasteiger partial charge on any atom is -0.375 e. The number of rotatable bonds is 3. The number of hydrogen-bond acceptors (Lipinski definition) is 6. The minimum atomic E-state index is -3.74. The molecule has 2 rings (SSSR count). The van der Waals surface area contributed by atoms with Crippen LogP contribution in [0, 0.1) is 6.92 Å². The molecule has 0 unspecified atom stereocenters. The summed E-state index contributed by atoms with van der Waals surface area (Å²) in [5, 5.41) is 7.93. The van der Waals surface area contributed by atoms with Gasteiger partial charge in [0.05, 0.1) is 10.6 Å². The van der Waals surface area contributed by atoms with Crippen LogP contribution >= 0.6 is 11.3 Å². The van der Waals surface area contributed by atoms with E-state index in [1.807, 2.05) is 0 Å². The average molecular weight is 312 g/mol. The largest absolute Gasteiger partial charge is 0.375 e. The molecule has 0 saturated heterocycles. The van der Waals surface area contributed by atoms with Crippen molar-refractivity contribution in [3.8, 4) is 0 Å². The molecule has 9 heteroatoms. The normalized spacial score (nSPS) is 11.3. The number of benzene rings is 1. The standard InChI is InChI=1S/C11H12N4O3S2/c1-6-9(19-11(12)14-6)10(16)15-7-2-4-8(5-3-7)20(13,17)18/h2-5H,1H3,(H2,12,14)(H,15,16)(H2,13,17,18). The molecule has 0 aliphatic heterocycles. The maximum absolute atomic E-state index is 12.0. The summed E-state index contributed by atoms with van der Waals surface area (Å²) in [5.74, 6) is -0.347. The van der Waals surface area contributed by atoms with Crippen LogP contribution in [0.25, 0.3) is 0 Å². The van der Waals surface area contributed by atoms with Gasteiger partial charge in [-0.1, -0.05) is 11.3 Å². The number of primary sulfonamides is 1. The average Bonchev–Trinajstić information content (AvgIpc) is 2.68. The summed E-state index contributed by atoms with van der Waals surface area (Å²) in [5.41, 5.74) is 6.53. The van der Waals surface area contributed by atoms with Gasteiger partial charge in [0.1, 0.15) is 4.88 Å². The fraction of sp³-hybridized carbons (Fsp3) is 0.0909. The number of carbonyl (C=O) groups excluding carboxylic acids is 1. The number of thiazole rings is 1.